The summed E-state index contributed by atoms with van der Waals surface area (Å²) in [6.07, 6.45) is 4.51. The van der Waals surface area contributed by atoms with Crippen molar-refractivity contribution < 1.29 is 9.90 Å². The van der Waals surface area contributed by atoms with E-state index in [1.54, 1.807) is 18.2 Å². The highest BCUT2D eigenvalue weighted by Gasteiger charge is 2.14. The van der Waals surface area contributed by atoms with E-state index in [1.807, 2.05) is 12.1 Å². The van der Waals surface area contributed by atoms with Crippen molar-refractivity contribution in [3.63, 3.8) is 0 Å². The molecule has 1 aromatic heterocycles. The van der Waals surface area contributed by atoms with Gasteiger partial charge in [-0.1, -0.05) is 26.8 Å². The van der Waals surface area contributed by atoms with Gasteiger partial charge in [0.2, 0.25) is 0 Å². The van der Waals surface area contributed by atoms with E-state index in [1.165, 1.54) is 18.6 Å². The highest BCUT2D eigenvalue weighted by Crippen LogP contribution is 2.26. The van der Waals surface area contributed by atoms with Crippen LogP contribution in [-0.4, -0.2) is 22.2 Å². The van der Waals surface area contributed by atoms with Crippen LogP contribution in [0.15, 0.2) is 47.8 Å². The third-order valence-corrected chi connectivity index (χ3v) is 3.21. The number of hydrogen-bond acceptors (Lipinski definition) is 4. The van der Waals surface area contributed by atoms with Gasteiger partial charge in [-0.2, -0.15) is 5.10 Å². The molecular formula is C17H19N3O2. The number of phenolic OH excluding ortho intramolecular Hbond substituents is 1. The number of amides is 1. The number of aromatic hydroxyl groups is 1. The molecule has 1 amide bonds. The number of carbonyl (C=O) groups is 1. The molecule has 2 N–H and O–H groups in total. The zero-order chi connectivity index (χ0) is 16.2. The van der Waals surface area contributed by atoms with Crippen molar-refractivity contribution >= 4 is 12.1 Å². The molecule has 0 unspecified atom stereocenters. The number of aromatic nitrogens is 1. The standard InChI is InChI=1S/C17H19N3O2/c1-17(2,3)14-4-5-15(21)13(10-14)11-19-20-16(22)12-6-8-18-9-7-12/h4-11,21H,1-3H3,(H,20,22)/b19-11-. The van der Waals surface area contributed by atoms with Crippen LogP contribution in [0.3, 0.4) is 0 Å². The molecule has 2 aromatic rings. The lowest BCUT2D eigenvalue weighted by atomic mass is 9.86. The van der Waals surface area contributed by atoms with Crippen LogP contribution in [0.25, 0.3) is 0 Å². The number of hydrogen-bond donors (Lipinski definition) is 2. The maximum Gasteiger partial charge on any atom is 0.271 e. The fourth-order valence-corrected chi connectivity index (χ4v) is 1.85. The van der Waals surface area contributed by atoms with E-state index in [2.05, 4.69) is 36.3 Å². The first-order valence-electron chi connectivity index (χ1n) is 6.95. The summed E-state index contributed by atoms with van der Waals surface area (Å²) in [5.41, 5.74) is 4.50. The Bertz CT molecular complexity index is 689. The highest BCUT2D eigenvalue weighted by atomic mass is 16.3. The SMILES string of the molecule is CC(C)(C)c1ccc(O)c(/C=N\NC(=O)c2ccncc2)c1. The molecular weight excluding hydrogens is 278 g/mol. The Morgan fingerprint density at radius 2 is 1.91 bits per heavy atom. The van der Waals surface area contributed by atoms with Gasteiger partial charge in [0.1, 0.15) is 5.75 Å². The minimum Gasteiger partial charge on any atom is -0.507 e. The van der Waals surface area contributed by atoms with Gasteiger partial charge in [0.25, 0.3) is 5.91 Å². The smallest absolute Gasteiger partial charge is 0.271 e. The second-order valence-corrected chi connectivity index (χ2v) is 5.96. The first kappa shape index (κ1) is 15.7. The molecule has 1 aromatic carbocycles. The molecule has 0 spiro atoms. The molecule has 0 aliphatic heterocycles. The lowest BCUT2D eigenvalue weighted by Gasteiger charge is -2.19. The lowest BCUT2D eigenvalue weighted by molar-refractivity contribution is 0.0955. The summed E-state index contributed by atoms with van der Waals surface area (Å²) < 4.78 is 0. The first-order chi connectivity index (χ1) is 10.4. The van der Waals surface area contributed by atoms with Gasteiger partial charge >= 0.3 is 0 Å². The lowest BCUT2D eigenvalue weighted by Crippen LogP contribution is -2.17. The van der Waals surface area contributed by atoms with Crippen LogP contribution in [-0.2, 0) is 5.41 Å². The third-order valence-electron chi connectivity index (χ3n) is 3.21. The zero-order valence-corrected chi connectivity index (χ0v) is 12.9. The number of phenols is 1. The largest absolute Gasteiger partial charge is 0.507 e. The van der Waals surface area contributed by atoms with Crippen molar-refractivity contribution in [2.24, 2.45) is 5.10 Å². The molecule has 5 heteroatoms. The van der Waals surface area contributed by atoms with E-state index >= 15 is 0 Å². The van der Waals surface area contributed by atoms with Gasteiger partial charge in [-0.15, -0.1) is 0 Å². The highest BCUT2D eigenvalue weighted by molar-refractivity contribution is 5.94. The van der Waals surface area contributed by atoms with E-state index in [0.29, 0.717) is 11.1 Å². The van der Waals surface area contributed by atoms with Crippen molar-refractivity contribution in [3.8, 4) is 5.75 Å². The summed E-state index contributed by atoms with van der Waals surface area (Å²) in [5.74, 6) is -0.208. The van der Waals surface area contributed by atoms with Crippen LogP contribution < -0.4 is 5.43 Å². The molecule has 0 fully saturated rings. The van der Waals surface area contributed by atoms with Crippen LogP contribution in [0.5, 0.6) is 5.75 Å². The molecule has 0 bridgehead atoms. The summed E-state index contributed by atoms with van der Waals surface area (Å²) in [6.45, 7) is 6.27. The molecule has 114 valence electrons. The maximum atomic E-state index is 11.8. The molecule has 0 radical (unpaired) electrons. The Balaban J connectivity index is 2.12. The third kappa shape index (κ3) is 3.91. The fourth-order valence-electron chi connectivity index (χ4n) is 1.85. The molecule has 0 saturated carbocycles. The number of hydrazone groups is 1. The van der Waals surface area contributed by atoms with E-state index in [-0.39, 0.29) is 17.1 Å². The van der Waals surface area contributed by atoms with Crippen LogP contribution in [0.1, 0.15) is 42.3 Å². The van der Waals surface area contributed by atoms with E-state index in [9.17, 15) is 9.90 Å². The monoisotopic (exact) mass is 297 g/mol. The summed E-state index contributed by atoms with van der Waals surface area (Å²) in [4.78, 5) is 15.7. The number of rotatable bonds is 3. The van der Waals surface area contributed by atoms with Gasteiger partial charge in [-0.05, 0) is 35.2 Å². The van der Waals surface area contributed by atoms with Gasteiger partial charge in [0.05, 0.1) is 6.21 Å². The minimum atomic E-state index is -0.329. The zero-order valence-electron chi connectivity index (χ0n) is 12.9. The second kappa shape index (κ2) is 6.39. The molecule has 22 heavy (non-hydrogen) atoms. The van der Waals surface area contributed by atoms with Gasteiger partial charge in [-0.3, -0.25) is 9.78 Å². The quantitative estimate of drug-likeness (QED) is 0.675. The molecule has 1 heterocycles. The Morgan fingerprint density at radius 3 is 2.55 bits per heavy atom. The summed E-state index contributed by atoms with van der Waals surface area (Å²) >= 11 is 0. The van der Waals surface area contributed by atoms with Crippen molar-refractivity contribution in [3.05, 3.63) is 59.4 Å². The Hall–Kier alpha value is -2.69. The Kier molecular flexibility index (Phi) is 4.56. The number of carbonyl (C=O) groups excluding carboxylic acids is 1. The molecule has 5 nitrogen and oxygen atoms in total. The van der Waals surface area contributed by atoms with Crippen LogP contribution >= 0.6 is 0 Å². The Labute approximate surface area is 129 Å². The summed E-state index contributed by atoms with van der Waals surface area (Å²) in [5, 5.41) is 13.8. The van der Waals surface area contributed by atoms with Crippen LogP contribution in [0.4, 0.5) is 0 Å². The molecule has 0 aliphatic rings. The number of benzene rings is 1. The average molecular weight is 297 g/mol. The molecule has 0 aliphatic carbocycles. The van der Waals surface area contributed by atoms with Gasteiger partial charge < -0.3 is 5.11 Å². The average Bonchev–Trinajstić information content (AvgIpc) is 2.48. The van der Waals surface area contributed by atoms with Gasteiger partial charge in [0.15, 0.2) is 0 Å². The predicted octanol–water partition coefficient (Wildman–Crippen LogP) is 2.85. The summed E-state index contributed by atoms with van der Waals surface area (Å²) in [7, 11) is 0. The number of nitrogens with zero attached hydrogens (tertiary/aromatic N) is 2. The van der Waals surface area contributed by atoms with Crippen molar-refractivity contribution in [2.45, 2.75) is 26.2 Å². The van der Waals surface area contributed by atoms with E-state index < -0.39 is 0 Å². The van der Waals surface area contributed by atoms with E-state index in [0.717, 1.165) is 5.56 Å². The van der Waals surface area contributed by atoms with Gasteiger partial charge in [0, 0.05) is 23.5 Å². The molecule has 0 saturated heterocycles. The number of pyridine rings is 1. The summed E-state index contributed by atoms with van der Waals surface area (Å²) in [6, 6.07) is 8.57. The predicted molar refractivity (Wildman–Crippen MR) is 86.1 cm³/mol. The fraction of sp³-hybridized carbons (Fsp3) is 0.235. The normalized spacial score (nSPS) is 11.6. The topological polar surface area (TPSA) is 74.6 Å². The first-order valence-corrected chi connectivity index (χ1v) is 6.95. The van der Waals surface area contributed by atoms with Crippen molar-refractivity contribution in [2.75, 3.05) is 0 Å². The van der Waals surface area contributed by atoms with Crippen molar-refractivity contribution in [1.82, 2.24) is 10.4 Å². The van der Waals surface area contributed by atoms with Crippen LogP contribution in [0.2, 0.25) is 0 Å². The molecule has 0 atom stereocenters. The van der Waals surface area contributed by atoms with Crippen LogP contribution in [0, 0.1) is 0 Å². The van der Waals surface area contributed by atoms with Crippen molar-refractivity contribution in [1.29, 1.82) is 0 Å². The van der Waals surface area contributed by atoms with Gasteiger partial charge in [-0.25, -0.2) is 5.43 Å². The second-order valence-electron chi connectivity index (χ2n) is 5.96. The van der Waals surface area contributed by atoms with E-state index in [4.69, 9.17) is 0 Å². The molecule has 2 rings (SSSR count). The minimum absolute atomic E-state index is 0.0312. The Morgan fingerprint density at radius 1 is 1.23 bits per heavy atom. The number of nitrogens with one attached hydrogen (secondary N) is 1. The maximum absolute atomic E-state index is 11.8.